The Balaban J connectivity index is 1.59. The van der Waals surface area contributed by atoms with Crippen LogP contribution in [0.3, 0.4) is 0 Å². The number of fused-ring (bicyclic) bond motifs is 1. The lowest BCUT2D eigenvalue weighted by Gasteiger charge is -2.12. The van der Waals surface area contributed by atoms with E-state index in [1.54, 1.807) is 0 Å². The molecule has 0 unspecified atom stereocenters. The topological polar surface area (TPSA) is 31.9 Å². The monoisotopic (exact) mass is 219 g/mol. The van der Waals surface area contributed by atoms with Crippen molar-refractivity contribution in [1.82, 2.24) is 14.9 Å². The largest absolute Gasteiger partial charge is 0.346 e. The van der Waals surface area contributed by atoms with Crippen molar-refractivity contribution in [2.24, 2.45) is 0 Å². The number of nitrogens with zero attached hydrogens (tertiary/aromatic N) is 2. The predicted molar refractivity (Wildman–Crippen MR) is 64.6 cm³/mol. The van der Waals surface area contributed by atoms with Gasteiger partial charge in [0.05, 0.1) is 5.69 Å². The summed E-state index contributed by atoms with van der Waals surface area (Å²) in [5.41, 5.74) is 2.77. The highest BCUT2D eigenvalue weighted by Gasteiger charge is 2.16. The maximum absolute atomic E-state index is 4.73. The van der Waals surface area contributed by atoms with Gasteiger partial charge >= 0.3 is 0 Å². The van der Waals surface area contributed by atoms with E-state index in [2.05, 4.69) is 9.88 Å². The molecule has 3 rings (SSSR count). The van der Waals surface area contributed by atoms with E-state index in [1.807, 2.05) is 0 Å². The lowest BCUT2D eigenvalue weighted by atomic mass is 10.0. The van der Waals surface area contributed by atoms with Crippen LogP contribution in [-0.4, -0.2) is 34.5 Å². The average Bonchev–Trinajstić information content (AvgIpc) is 2.95. The highest BCUT2D eigenvalue weighted by Crippen LogP contribution is 2.19. The molecule has 3 heteroatoms. The van der Waals surface area contributed by atoms with Crippen LogP contribution in [0.5, 0.6) is 0 Å². The van der Waals surface area contributed by atoms with E-state index in [4.69, 9.17) is 4.98 Å². The van der Waals surface area contributed by atoms with Crippen LogP contribution in [0.1, 0.15) is 42.9 Å². The molecule has 1 aromatic heterocycles. The third kappa shape index (κ3) is 2.14. The number of rotatable bonds is 3. The smallest absolute Gasteiger partial charge is 0.107 e. The normalized spacial score (nSPS) is 21.2. The van der Waals surface area contributed by atoms with E-state index in [1.165, 1.54) is 75.4 Å². The van der Waals surface area contributed by atoms with Crippen molar-refractivity contribution in [3.63, 3.8) is 0 Å². The van der Waals surface area contributed by atoms with Gasteiger partial charge in [0.25, 0.3) is 0 Å². The number of nitrogens with one attached hydrogen (secondary N) is 1. The molecule has 0 bridgehead atoms. The fraction of sp³-hybridized carbons (Fsp3) is 0.769. The Morgan fingerprint density at radius 3 is 2.69 bits per heavy atom. The minimum absolute atomic E-state index is 1.10. The van der Waals surface area contributed by atoms with E-state index < -0.39 is 0 Å². The molecule has 16 heavy (non-hydrogen) atoms. The number of hydrogen-bond acceptors (Lipinski definition) is 2. The van der Waals surface area contributed by atoms with Crippen molar-refractivity contribution in [3.8, 4) is 0 Å². The molecule has 3 nitrogen and oxygen atoms in total. The molecule has 1 aromatic rings. The molecule has 2 heterocycles. The summed E-state index contributed by atoms with van der Waals surface area (Å²) < 4.78 is 0. The third-order valence-electron chi connectivity index (χ3n) is 3.87. The summed E-state index contributed by atoms with van der Waals surface area (Å²) in [5.74, 6) is 1.22. The minimum atomic E-state index is 1.10. The van der Waals surface area contributed by atoms with Gasteiger partial charge in [-0.3, -0.25) is 0 Å². The molecule has 0 aromatic carbocycles. The molecule has 1 fully saturated rings. The van der Waals surface area contributed by atoms with Crippen LogP contribution in [0.15, 0.2) is 0 Å². The van der Waals surface area contributed by atoms with Crippen LogP contribution in [0.2, 0.25) is 0 Å². The first-order valence-electron chi connectivity index (χ1n) is 6.71. The van der Waals surface area contributed by atoms with Gasteiger partial charge in [-0.15, -0.1) is 0 Å². The Labute approximate surface area is 97.3 Å². The number of hydrogen-bond donors (Lipinski definition) is 1. The van der Waals surface area contributed by atoms with Gasteiger partial charge in [0.15, 0.2) is 0 Å². The van der Waals surface area contributed by atoms with E-state index in [9.17, 15) is 0 Å². The first-order valence-corrected chi connectivity index (χ1v) is 6.71. The molecule has 1 N–H and O–H groups in total. The van der Waals surface area contributed by atoms with Gasteiger partial charge in [0.1, 0.15) is 5.82 Å². The molecule has 0 radical (unpaired) electrons. The van der Waals surface area contributed by atoms with E-state index in [0.717, 1.165) is 6.42 Å². The quantitative estimate of drug-likeness (QED) is 0.842. The summed E-state index contributed by atoms with van der Waals surface area (Å²) in [6, 6.07) is 0. The molecule has 0 spiro atoms. The lowest BCUT2D eigenvalue weighted by molar-refractivity contribution is 0.341. The number of aryl methyl sites for hydroxylation is 2. The summed E-state index contributed by atoms with van der Waals surface area (Å²) in [6.07, 6.45) is 8.93. The van der Waals surface area contributed by atoms with Crippen molar-refractivity contribution in [1.29, 1.82) is 0 Å². The Morgan fingerprint density at radius 2 is 1.88 bits per heavy atom. The van der Waals surface area contributed by atoms with Crippen LogP contribution >= 0.6 is 0 Å². The maximum Gasteiger partial charge on any atom is 0.107 e. The second-order valence-corrected chi connectivity index (χ2v) is 5.11. The molecular weight excluding hydrogens is 198 g/mol. The molecule has 1 aliphatic carbocycles. The van der Waals surface area contributed by atoms with Crippen LogP contribution in [0.4, 0.5) is 0 Å². The zero-order chi connectivity index (χ0) is 10.8. The van der Waals surface area contributed by atoms with Gasteiger partial charge in [0, 0.05) is 18.7 Å². The molecule has 2 aliphatic rings. The van der Waals surface area contributed by atoms with Gasteiger partial charge in [-0.05, 0) is 51.6 Å². The van der Waals surface area contributed by atoms with Crippen molar-refractivity contribution < 1.29 is 0 Å². The van der Waals surface area contributed by atoms with Gasteiger partial charge in [-0.2, -0.15) is 0 Å². The number of aromatic nitrogens is 2. The molecular formula is C13H21N3. The van der Waals surface area contributed by atoms with Gasteiger partial charge in [-0.1, -0.05) is 0 Å². The Hall–Kier alpha value is -0.830. The fourth-order valence-electron chi connectivity index (χ4n) is 2.90. The van der Waals surface area contributed by atoms with Crippen molar-refractivity contribution in [2.75, 3.05) is 19.6 Å². The molecule has 88 valence electrons. The zero-order valence-electron chi connectivity index (χ0n) is 9.97. The standard InChI is InChI=1S/C13H21N3/c1-2-6-12-11(5-1)14-13(15-12)7-10-16-8-3-4-9-16/h1-10H2,(H,14,15). The molecule has 1 aliphatic heterocycles. The summed E-state index contributed by atoms with van der Waals surface area (Å²) >= 11 is 0. The van der Waals surface area contributed by atoms with Crippen LogP contribution in [0.25, 0.3) is 0 Å². The lowest BCUT2D eigenvalue weighted by Crippen LogP contribution is -2.22. The van der Waals surface area contributed by atoms with Crippen molar-refractivity contribution in [2.45, 2.75) is 44.9 Å². The number of H-pyrrole nitrogens is 1. The summed E-state index contributed by atoms with van der Waals surface area (Å²) in [5, 5.41) is 0. The van der Waals surface area contributed by atoms with Crippen LogP contribution < -0.4 is 0 Å². The Kier molecular flexibility index (Phi) is 2.96. The first-order chi connectivity index (χ1) is 7.92. The van der Waals surface area contributed by atoms with Crippen molar-refractivity contribution in [3.05, 3.63) is 17.2 Å². The van der Waals surface area contributed by atoms with Crippen LogP contribution in [0, 0.1) is 0 Å². The molecule has 0 amide bonds. The average molecular weight is 219 g/mol. The van der Waals surface area contributed by atoms with Gasteiger partial charge < -0.3 is 9.88 Å². The van der Waals surface area contributed by atoms with Crippen molar-refractivity contribution >= 4 is 0 Å². The zero-order valence-corrected chi connectivity index (χ0v) is 9.97. The maximum atomic E-state index is 4.73. The molecule has 0 atom stereocenters. The van der Waals surface area contributed by atoms with E-state index >= 15 is 0 Å². The molecule has 0 saturated carbocycles. The predicted octanol–water partition coefficient (Wildman–Crippen LogP) is 1.93. The van der Waals surface area contributed by atoms with Gasteiger partial charge in [-0.25, -0.2) is 4.98 Å². The number of likely N-dealkylation sites (tertiary alicyclic amines) is 1. The highest BCUT2D eigenvalue weighted by molar-refractivity contribution is 5.17. The number of aromatic amines is 1. The minimum Gasteiger partial charge on any atom is -0.346 e. The first kappa shape index (κ1) is 10.3. The van der Waals surface area contributed by atoms with Crippen LogP contribution in [-0.2, 0) is 19.3 Å². The SMILES string of the molecule is C1CCc2[nH]c(CCN3CCCC3)nc2C1. The summed E-state index contributed by atoms with van der Waals surface area (Å²) in [7, 11) is 0. The summed E-state index contributed by atoms with van der Waals surface area (Å²) in [6.45, 7) is 3.77. The fourth-order valence-corrected chi connectivity index (χ4v) is 2.90. The number of imidazole rings is 1. The molecule has 1 saturated heterocycles. The highest BCUT2D eigenvalue weighted by atomic mass is 15.1. The third-order valence-corrected chi connectivity index (χ3v) is 3.87. The van der Waals surface area contributed by atoms with E-state index in [-0.39, 0.29) is 0 Å². The Bertz CT molecular complexity index is 327. The van der Waals surface area contributed by atoms with E-state index in [0.29, 0.717) is 0 Å². The summed E-state index contributed by atoms with van der Waals surface area (Å²) in [4.78, 5) is 10.8. The van der Waals surface area contributed by atoms with Gasteiger partial charge in [0.2, 0.25) is 0 Å². The Morgan fingerprint density at radius 1 is 1.06 bits per heavy atom. The second kappa shape index (κ2) is 4.58. The second-order valence-electron chi connectivity index (χ2n) is 5.11.